The Morgan fingerprint density at radius 1 is 1.43 bits per heavy atom. The number of benzene rings is 1. The van der Waals surface area contributed by atoms with Crippen LogP contribution in [-0.2, 0) is 15.8 Å². The molecule has 1 aliphatic heterocycles. The Balaban J connectivity index is 1.91. The number of carbonyl (C=O) groups excluding carboxylic acids is 2. The Bertz CT molecular complexity index is 614. The average Bonchev–Trinajstić information content (AvgIpc) is 2.46. The van der Waals surface area contributed by atoms with E-state index in [4.69, 9.17) is 11.6 Å². The van der Waals surface area contributed by atoms with Crippen LogP contribution in [0.3, 0.4) is 0 Å². The molecular weight excluding hydrogens is 357 g/mol. The zero-order valence-corrected chi connectivity index (χ0v) is 13.0. The topological polar surface area (TPSA) is 82.3 Å². The van der Waals surface area contributed by atoms with Crippen LogP contribution in [0.25, 0.3) is 0 Å². The summed E-state index contributed by atoms with van der Waals surface area (Å²) >= 11 is 6.58. The summed E-state index contributed by atoms with van der Waals surface area (Å²) in [6.45, 7) is 0.119. The molecule has 0 radical (unpaired) electrons. The van der Waals surface area contributed by atoms with E-state index in [0.29, 0.717) is 0 Å². The third-order valence-corrected chi connectivity index (χ3v) is 4.04. The van der Waals surface area contributed by atoms with Crippen molar-refractivity contribution in [2.75, 3.05) is 17.6 Å². The number of rotatable bonds is 4. The maximum Gasteiger partial charge on any atom is 0.417 e. The van der Waals surface area contributed by atoms with Crippen LogP contribution in [-0.4, -0.2) is 29.6 Å². The maximum atomic E-state index is 12.7. The number of halogens is 4. The number of thioether (sulfide) groups is 1. The zero-order valence-electron chi connectivity index (χ0n) is 11.5. The van der Waals surface area contributed by atoms with E-state index in [1.165, 1.54) is 6.07 Å². The standard InChI is InChI=1S/C12H12ClF3N4O2S/c13-8-2-1-6(3-7(8)12(14,15)16)18-10(22)5-23-11-19-9(21)4-17-20-11/h1-3,11,17,20H,4-5H2,(H,18,22)(H,19,21). The van der Waals surface area contributed by atoms with Gasteiger partial charge < -0.3 is 10.6 Å². The monoisotopic (exact) mass is 368 g/mol. The number of hydrazine groups is 1. The summed E-state index contributed by atoms with van der Waals surface area (Å²) in [4.78, 5) is 22.9. The SMILES string of the molecule is O=C(CSC1NNCC(=O)N1)Nc1ccc(Cl)c(C(F)(F)F)c1. The van der Waals surface area contributed by atoms with E-state index < -0.39 is 28.2 Å². The molecule has 1 aromatic rings. The highest BCUT2D eigenvalue weighted by Gasteiger charge is 2.33. The third-order valence-electron chi connectivity index (χ3n) is 2.71. The van der Waals surface area contributed by atoms with Gasteiger partial charge in [-0.05, 0) is 18.2 Å². The van der Waals surface area contributed by atoms with Gasteiger partial charge in [-0.1, -0.05) is 11.6 Å². The molecule has 0 bridgehead atoms. The number of carbonyl (C=O) groups is 2. The van der Waals surface area contributed by atoms with Crippen molar-refractivity contribution >= 4 is 40.9 Å². The first-order valence-corrected chi connectivity index (χ1v) is 7.74. The fourth-order valence-electron chi connectivity index (χ4n) is 1.72. The molecule has 1 saturated heterocycles. The van der Waals surface area contributed by atoms with Gasteiger partial charge in [0, 0.05) is 5.69 Å². The molecule has 1 aliphatic rings. The molecule has 1 aromatic carbocycles. The minimum Gasteiger partial charge on any atom is -0.330 e. The number of hydrogen-bond acceptors (Lipinski definition) is 5. The molecule has 4 N–H and O–H groups in total. The Labute approximate surface area is 138 Å². The summed E-state index contributed by atoms with van der Waals surface area (Å²) in [5.74, 6) is -0.801. The minimum atomic E-state index is -4.60. The molecule has 0 spiro atoms. The summed E-state index contributed by atoms with van der Waals surface area (Å²) in [6.07, 6.45) is -4.60. The zero-order chi connectivity index (χ0) is 17.0. The van der Waals surface area contributed by atoms with Gasteiger partial charge in [-0.2, -0.15) is 13.2 Å². The summed E-state index contributed by atoms with van der Waals surface area (Å²) in [5, 5.41) is 4.49. The van der Waals surface area contributed by atoms with Crippen molar-refractivity contribution in [3.8, 4) is 0 Å². The summed E-state index contributed by atoms with van der Waals surface area (Å²) in [7, 11) is 0. The van der Waals surface area contributed by atoms with Crippen molar-refractivity contribution < 1.29 is 22.8 Å². The van der Waals surface area contributed by atoms with Crippen LogP contribution < -0.4 is 21.5 Å². The molecular formula is C12H12ClF3N4O2S. The minimum absolute atomic E-state index is 0.00825. The Morgan fingerprint density at radius 2 is 2.17 bits per heavy atom. The van der Waals surface area contributed by atoms with Crippen molar-refractivity contribution in [1.29, 1.82) is 0 Å². The van der Waals surface area contributed by atoms with Gasteiger partial charge in [0.15, 0.2) is 0 Å². The third kappa shape index (κ3) is 5.27. The Kier molecular flexibility index (Phi) is 5.74. The first-order chi connectivity index (χ1) is 10.8. The van der Waals surface area contributed by atoms with E-state index in [2.05, 4.69) is 21.5 Å². The highest BCUT2D eigenvalue weighted by atomic mass is 35.5. The number of anilines is 1. The first kappa shape index (κ1) is 17.9. The smallest absolute Gasteiger partial charge is 0.330 e. The molecule has 1 heterocycles. The lowest BCUT2D eigenvalue weighted by molar-refractivity contribution is -0.137. The van der Waals surface area contributed by atoms with E-state index >= 15 is 0 Å². The summed E-state index contributed by atoms with van der Waals surface area (Å²) < 4.78 is 38.2. The maximum absolute atomic E-state index is 12.7. The van der Waals surface area contributed by atoms with Gasteiger partial charge >= 0.3 is 6.18 Å². The lowest BCUT2D eigenvalue weighted by atomic mass is 10.2. The largest absolute Gasteiger partial charge is 0.417 e. The van der Waals surface area contributed by atoms with Crippen LogP contribution >= 0.6 is 23.4 Å². The van der Waals surface area contributed by atoms with Crippen LogP contribution in [0.1, 0.15) is 5.56 Å². The highest BCUT2D eigenvalue weighted by molar-refractivity contribution is 8.00. The van der Waals surface area contributed by atoms with E-state index in [1.54, 1.807) is 0 Å². The predicted octanol–water partition coefficient (Wildman–Crippen LogP) is 1.54. The van der Waals surface area contributed by atoms with E-state index in [9.17, 15) is 22.8 Å². The van der Waals surface area contributed by atoms with Gasteiger partial charge in [0.1, 0.15) is 5.50 Å². The van der Waals surface area contributed by atoms with Crippen LogP contribution in [0.4, 0.5) is 18.9 Å². The molecule has 0 saturated carbocycles. The molecule has 0 aliphatic carbocycles. The number of hydrogen-bond donors (Lipinski definition) is 4. The number of nitrogens with one attached hydrogen (secondary N) is 4. The van der Waals surface area contributed by atoms with Crippen LogP contribution in [0.15, 0.2) is 18.2 Å². The lowest BCUT2D eigenvalue weighted by Crippen LogP contribution is -2.58. The Hall–Kier alpha value is -1.49. The molecule has 6 nitrogen and oxygen atoms in total. The summed E-state index contributed by atoms with van der Waals surface area (Å²) in [5.41, 5.74) is 3.85. The first-order valence-electron chi connectivity index (χ1n) is 6.31. The van der Waals surface area contributed by atoms with Crippen molar-refractivity contribution in [2.45, 2.75) is 11.7 Å². The molecule has 2 amide bonds. The fraction of sp³-hybridized carbons (Fsp3) is 0.333. The van der Waals surface area contributed by atoms with E-state index in [1.807, 2.05) is 0 Å². The van der Waals surface area contributed by atoms with Crippen LogP contribution in [0, 0.1) is 0 Å². The molecule has 1 atom stereocenters. The van der Waals surface area contributed by atoms with Crippen LogP contribution in [0.5, 0.6) is 0 Å². The average molecular weight is 369 g/mol. The van der Waals surface area contributed by atoms with Gasteiger partial charge in [0.05, 0.1) is 22.9 Å². The number of alkyl halides is 3. The summed E-state index contributed by atoms with van der Waals surface area (Å²) in [6, 6.07) is 3.12. The van der Waals surface area contributed by atoms with Gasteiger partial charge in [-0.25, -0.2) is 10.9 Å². The van der Waals surface area contributed by atoms with Crippen molar-refractivity contribution in [1.82, 2.24) is 16.2 Å². The molecule has 2 rings (SSSR count). The van der Waals surface area contributed by atoms with E-state index in [-0.39, 0.29) is 23.9 Å². The molecule has 126 valence electrons. The lowest BCUT2D eigenvalue weighted by Gasteiger charge is -2.24. The van der Waals surface area contributed by atoms with Crippen molar-refractivity contribution in [3.05, 3.63) is 28.8 Å². The van der Waals surface area contributed by atoms with Crippen molar-refractivity contribution in [3.63, 3.8) is 0 Å². The second-order valence-corrected chi connectivity index (χ2v) is 6.00. The van der Waals surface area contributed by atoms with Gasteiger partial charge in [0.2, 0.25) is 11.8 Å². The van der Waals surface area contributed by atoms with E-state index in [0.717, 1.165) is 23.9 Å². The van der Waals surface area contributed by atoms with Crippen LogP contribution in [0.2, 0.25) is 5.02 Å². The van der Waals surface area contributed by atoms with Gasteiger partial charge in [-0.15, -0.1) is 11.8 Å². The second kappa shape index (κ2) is 7.39. The Morgan fingerprint density at radius 3 is 2.83 bits per heavy atom. The van der Waals surface area contributed by atoms with Gasteiger partial charge in [-0.3, -0.25) is 9.59 Å². The molecule has 0 aromatic heterocycles. The van der Waals surface area contributed by atoms with Gasteiger partial charge in [0.25, 0.3) is 0 Å². The predicted molar refractivity (Wildman–Crippen MR) is 80.6 cm³/mol. The molecule has 23 heavy (non-hydrogen) atoms. The van der Waals surface area contributed by atoms with Crippen molar-refractivity contribution in [2.24, 2.45) is 0 Å². The highest BCUT2D eigenvalue weighted by Crippen LogP contribution is 2.36. The number of amides is 2. The quantitative estimate of drug-likeness (QED) is 0.648. The normalized spacial score (nSPS) is 18.4. The molecule has 1 fully saturated rings. The molecule has 11 heteroatoms. The fourth-order valence-corrected chi connectivity index (χ4v) is 2.71. The second-order valence-electron chi connectivity index (χ2n) is 4.50. The molecule has 1 unspecified atom stereocenters.